The third-order valence-electron chi connectivity index (χ3n) is 4.29. The quantitative estimate of drug-likeness (QED) is 0.798. The lowest BCUT2D eigenvalue weighted by molar-refractivity contribution is -0.151. The van der Waals surface area contributed by atoms with E-state index in [1.54, 1.807) is 6.92 Å². The largest absolute Gasteiger partial charge is 0.481 e. The molecule has 116 valence electrons. The van der Waals surface area contributed by atoms with Crippen LogP contribution in [0.4, 0.5) is 0 Å². The number of hydrogen-bond acceptors (Lipinski definition) is 4. The van der Waals surface area contributed by atoms with Crippen LogP contribution in [0.15, 0.2) is 0 Å². The zero-order chi connectivity index (χ0) is 14.8. The van der Waals surface area contributed by atoms with Crippen molar-refractivity contribution in [3.63, 3.8) is 0 Å². The van der Waals surface area contributed by atoms with Gasteiger partial charge >= 0.3 is 5.97 Å². The minimum Gasteiger partial charge on any atom is -0.481 e. The number of carboxylic acids is 1. The molecule has 0 aromatic carbocycles. The van der Waals surface area contributed by atoms with Crippen molar-refractivity contribution in [1.29, 1.82) is 0 Å². The Balaban J connectivity index is 2.17. The molecule has 0 spiro atoms. The molecular formula is C12H22N2O5S. The predicted octanol–water partition coefficient (Wildman–Crippen LogP) is 0.140. The van der Waals surface area contributed by atoms with Crippen molar-refractivity contribution in [2.45, 2.75) is 26.2 Å². The van der Waals surface area contributed by atoms with Crippen LogP contribution in [-0.4, -0.2) is 67.5 Å². The van der Waals surface area contributed by atoms with Gasteiger partial charge in [0.15, 0.2) is 0 Å². The number of nitrogens with zero attached hydrogens (tertiary/aromatic N) is 2. The van der Waals surface area contributed by atoms with Crippen LogP contribution in [-0.2, 0) is 19.7 Å². The topological polar surface area (TPSA) is 87.2 Å². The first-order valence-electron chi connectivity index (χ1n) is 6.99. The number of rotatable bonds is 4. The summed E-state index contributed by atoms with van der Waals surface area (Å²) in [5, 5.41) is 9.43. The van der Waals surface area contributed by atoms with Gasteiger partial charge in [-0.05, 0) is 19.3 Å². The van der Waals surface area contributed by atoms with Gasteiger partial charge in [0, 0.05) is 26.2 Å². The summed E-state index contributed by atoms with van der Waals surface area (Å²) in [5.41, 5.74) is -0.947. The predicted molar refractivity (Wildman–Crippen MR) is 72.5 cm³/mol. The second-order valence-electron chi connectivity index (χ2n) is 5.40. The Morgan fingerprint density at radius 1 is 1.25 bits per heavy atom. The van der Waals surface area contributed by atoms with Crippen LogP contribution in [0.3, 0.4) is 0 Å². The molecule has 0 aliphatic carbocycles. The first-order chi connectivity index (χ1) is 9.42. The van der Waals surface area contributed by atoms with Crippen LogP contribution < -0.4 is 0 Å². The lowest BCUT2D eigenvalue weighted by atomic mass is 9.78. The summed E-state index contributed by atoms with van der Waals surface area (Å²) in [5.74, 6) is -0.901. The van der Waals surface area contributed by atoms with Gasteiger partial charge in [-0.15, -0.1) is 0 Å². The summed E-state index contributed by atoms with van der Waals surface area (Å²) in [7, 11) is -3.58. The van der Waals surface area contributed by atoms with E-state index in [1.807, 2.05) is 0 Å². The molecule has 0 aromatic heterocycles. The summed E-state index contributed by atoms with van der Waals surface area (Å²) < 4.78 is 33.0. The van der Waals surface area contributed by atoms with Crippen molar-refractivity contribution in [2.24, 2.45) is 5.41 Å². The van der Waals surface area contributed by atoms with Crippen LogP contribution in [0, 0.1) is 5.41 Å². The number of piperidine rings is 1. The molecule has 7 nitrogen and oxygen atoms in total. The second kappa shape index (κ2) is 5.97. The average molecular weight is 306 g/mol. The Kier molecular flexibility index (Phi) is 4.68. The molecule has 2 rings (SSSR count). The van der Waals surface area contributed by atoms with E-state index in [-0.39, 0.29) is 6.54 Å². The van der Waals surface area contributed by atoms with E-state index in [0.29, 0.717) is 52.1 Å². The van der Waals surface area contributed by atoms with Crippen molar-refractivity contribution in [2.75, 3.05) is 39.4 Å². The number of carboxylic acid groups (broad SMARTS) is 1. The molecule has 2 aliphatic rings. The Morgan fingerprint density at radius 2 is 1.90 bits per heavy atom. The number of carbonyl (C=O) groups is 1. The zero-order valence-corrected chi connectivity index (χ0v) is 12.6. The highest BCUT2D eigenvalue weighted by Crippen LogP contribution is 2.35. The van der Waals surface area contributed by atoms with Crippen molar-refractivity contribution < 1.29 is 23.1 Å². The van der Waals surface area contributed by atoms with E-state index in [2.05, 4.69) is 0 Å². The summed E-state index contributed by atoms with van der Waals surface area (Å²) in [6, 6.07) is 0. The Hall–Kier alpha value is -0.700. The van der Waals surface area contributed by atoms with E-state index in [0.717, 1.165) is 0 Å². The van der Waals surface area contributed by atoms with E-state index in [9.17, 15) is 18.3 Å². The molecular weight excluding hydrogens is 284 g/mol. The molecule has 2 fully saturated rings. The van der Waals surface area contributed by atoms with Crippen molar-refractivity contribution in [3.05, 3.63) is 0 Å². The molecule has 0 amide bonds. The van der Waals surface area contributed by atoms with Gasteiger partial charge in [-0.2, -0.15) is 17.0 Å². The number of ether oxygens (including phenoxy) is 1. The standard InChI is InChI=1S/C12H22N2O5S/c1-2-12(11(15)16)4-3-5-14(10-12)20(17,18)13-6-8-19-9-7-13/h2-10H2,1H3,(H,15,16). The smallest absolute Gasteiger partial charge is 0.310 e. The van der Waals surface area contributed by atoms with Crippen LogP contribution >= 0.6 is 0 Å². The normalized spacial score (nSPS) is 30.2. The van der Waals surface area contributed by atoms with E-state index in [1.165, 1.54) is 8.61 Å². The minimum absolute atomic E-state index is 0.0680. The van der Waals surface area contributed by atoms with Gasteiger partial charge in [0.25, 0.3) is 10.2 Å². The Morgan fingerprint density at radius 3 is 2.45 bits per heavy atom. The van der Waals surface area contributed by atoms with Gasteiger partial charge in [0.1, 0.15) is 0 Å². The minimum atomic E-state index is -3.58. The Labute approximate surface area is 119 Å². The average Bonchev–Trinajstić information content (AvgIpc) is 2.48. The van der Waals surface area contributed by atoms with Crippen molar-refractivity contribution >= 4 is 16.2 Å². The maximum absolute atomic E-state index is 12.6. The summed E-state index contributed by atoms with van der Waals surface area (Å²) in [6.07, 6.45) is 1.56. The van der Waals surface area contributed by atoms with Crippen LogP contribution in [0.25, 0.3) is 0 Å². The second-order valence-corrected chi connectivity index (χ2v) is 7.32. The number of aliphatic carboxylic acids is 1. The zero-order valence-electron chi connectivity index (χ0n) is 11.7. The number of morpholine rings is 1. The van der Waals surface area contributed by atoms with Gasteiger partial charge in [0.2, 0.25) is 0 Å². The first kappa shape index (κ1) is 15.7. The molecule has 2 heterocycles. The SMILES string of the molecule is CCC1(C(=O)O)CCCN(S(=O)(=O)N2CCOCC2)C1. The Bertz CT molecular complexity index is 460. The fourth-order valence-electron chi connectivity index (χ4n) is 2.84. The molecule has 1 atom stereocenters. The lowest BCUT2D eigenvalue weighted by Crippen LogP contribution is -2.55. The molecule has 0 radical (unpaired) electrons. The van der Waals surface area contributed by atoms with Crippen LogP contribution in [0.1, 0.15) is 26.2 Å². The fourth-order valence-corrected chi connectivity index (χ4v) is 4.55. The molecule has 0 saturated carbocycles. The lowest BCUT2D eigenvalue weighted by Gasteiger charge is -2.41. The van der Waals surface area contributed by atoms with Crippen LogP contribution in [0.2, 0.25) is 0 Å². The van der Waals surface area contributed by atoms with Gasteiger partial charge in [0.05, 0.1) is 18.6 Å². The molecule has 20 heavy (non-hydrogen) atoms. The number of hydrogen-bond donors (Lipinski definition) is 1. The van der Waals surface area contributed by atoms with Gasteiger partial charge in [-0.3, -0.25) is 4.79 Å². The fraction of sp³-hybridized carbons (Fsp3) is 0.917. The van der Waals surface area contributed by atoms with E-state index < -0.39 is 21.6 Å². The molecule has 0 bridgehead atoms. The van der Waals surface area contributed by atoms with Crippen molar-refractivity contribution in [3.8, 4) is 0 Å². The maximum atomic E-state index is 12.6. The highest BCUT2D eigenvalue weighted by molar-refractivity contribution is 7.86. The third-order valence-corrected chi connectivity index (χ3v) is 6.28. The monoisotopic (exact) mass is 306 g/mol. The molecule has 1 unspecified atom stereocenters. The van der Waals surface area contributed by atoms with Gasteiger partial charge in [-0.25, -0.2) is 0 Å². The third kappa shape index (κ3) is 2.83. The molecule has 0 aromatic rings. The van der Waals surface area contributed by atoms with Gasteiger partial charge in [-0.1, -0.05) is 6.92 Å². The van der Waals surface area contributed by atoms with E-state index in [4.69, 9.17) is 4.74 Å². The maximum Gasteiger partial charge on any atom is 0.310 e. The van der Waals surface area contributed by atoms with Crippen molar-refractivity contribution in [1.82, 2.24) is 8.61 Å². The summed E-state index contributed by atoms with van der Waals surface area (Å²) in [6.45, 7) is 3.73. The molecule has 1 N–H and O–H groups in total. The molecule has 2 aliphatic heterocycles. The van der Waals surface area contributed by atoms with Gasteiger partial charge < -0.3 is 9.84 Å². The van der Waals surface area contributed by atoms with Crippen LogP contribution in [0.5, 0.6) is 0 Å². The first-order valence-corrected chi connectivity index (χ1v) is 8.38. The summed E-state index contributed by atoms with van der Waals surface area (Å²) >= 11 is 0. The highest BCUT2D eigenvalue weighted by Gasteiger charge is 2.45. The molecule has 2 saturated heterocycles. The molecule has 8 heteroatoms. The van der Waals surface area contributed by atoms with E-state index >= 15 is 0 Å². The highest BCUT2D eigenvalue weighted by atomic mass is 32.2. The summed E-state index contributed by atoms with van der Waals surface area (Å²) in [4.78, 5) is 11.5.